The van der Waals surface area contributed by atoms with E-state index in [1.807, 2.05) is 0 Å². The molecule has 4 bridgehead atoms. The van der Waals surface area contributed by atoms with E-state index in [9.17, 15) is 9.59 Å². The van der Waals surface area contributed by atoms with Gasteiger partial charge in [-0.3, -0.25) is 9.59 Å². The average molecular weight is 278 g/mol. The van der Waals surface area contributed by atoms with Gasteiger partial charge in [0, 0.05) is 0 Å². The van der Waals surface area contributed by atoms with Crippen molar-refractivity contribution in [3.63, 3.8) is 0 Å². The van der Waals surface area contributed by atoms with Crippen LogP contribution in [0.15, 0.2) is 24.3 Å². The topological polar surface area (TPSA) is 71.1 Å². The van der Waals surface area contributed by atoms with Crippen molar-refractivity contribution in [1.82, 2.24) is 0 Å². The van der Waals surface area contributed by atoms with E-state index in [4.69, 9.17) is 18.9 Å². The Balaban J connectivity index is 2.01. The lowest BCUT2D eigenvalue weighted by Crippen LogP contribution is -2.62. The van der Waals surface area contributed by atoms with Crippen molar-refractivity contribution >= 4 is 11.9 Å². The van der Waals surface area contributed by atoms with Crippen molar-refractivity contribution in [3.05, 3.63) is 24.3 Å². The van der Waals surface area contributed by atoms with Gasteiger partial charge >= 0.3 is 11.9 Å². The van der Waals surface area contributed by atoms with Crippen molar-refractivity contribution in [3.8, 4) is 0 Å². The van der Waals surface area contributed by atoms with Gasteiger partial charge in [-0.15, -0.1) is 0 Å². The number of ether oxygens (including phenoxy) is 4. The Morgan fingerprint density at radius 3 is 1.35 bits per heavy atom. The number of rotatable bonds is 2. The number of esters is 2. The van der Waals surface area contributed by atoms with Crippen LogP contribution in [0.1, 0.15) is 0 Å². The van der Waals surface area contributed by atoms with Gasteiger partial charge in [0.2, 0.25) is 0 Å². The maximum atomic E-state index is 12.6. The summed E-state index contributed by atoms with van der Waals surface area (Å²) in [6, 6.07) is 0. The second-order valence-corrected chi connectivity index (χ2v) is 5.45. The van der Waals surface area contributed by atoms with Crippen molar-refractivity contribution < 1.29 is 28.5 Å². The standard InChI is InChI=1S/C14H14O6/c1-17-11(15)13-7-3-5-9(19-7)14(13,12(16)18-2)10-6-4-8(13)20-10/h3-10H,1-2H3/t7-,8-,9-,10+,13?,14?/m0/s1. The van der Waals surface area contributed by atoms with Gasteiger partial charge < -0.3 is 18.9 Å². The highest BCUT2D eigenvalue weighted by atomic mass is 16.6. The van der Waals surface area contributed by atoms with Crippen molar-refractivity contribution in [2.75, 3.05) is 14.2 Å². The van der Waals surface area contributed by atoms with Gasteiger partial charge in [-0.2, -0.15) is 0 Å². The van der Waals surface area contributed by atoms with E-state index in [1.165, 1.54) is 14.2 Å². The molecule has 2 unspecified atom stereocenters. The Labute approximate surface area is 115 Å². The summed E-state index contributed by atoms with van der Waals surface area (Å²) in [5.74, 6) is -0.979. The van der Waals surface area contributed by atoms with Gasteiger partial charge in [-0.25, -0.2) is 0 Å². The van der Waals surface area contributed by atoms with E-state index in [0.29, 0.717) is 0 Å². The summed E-state index contributed by atoms with van der Waals surface area (Å²) in [7, 11) is 2.62. The SMILES string of the molecule is COC(=O)C12[C@@H]3C=C[C@H](O3)C1(C(=O)OC)[C@H]1C=C[C@@H]2O1. The zero-order valence-corrected chi connectivity index (χ0v) is 11.1. The lowest BCUT2D eigenvalue weighted by molar-refractivity contribution is -0.174. The highest BCUT2D eigenvalue weighted by molar-refractivity contribution is 5.94. The van der Waals surface area contributed by atoms with Crippen LogP contribution in [0.5, 0.6) is 0 Å². The first-order chi connectivity index (χ1) is 9.63. The van der Waals surface area contributed by atoms with Crippen molar-refractivity contribution in [2.24, 2.45) is 10.8 Å². The van der Waals surface area contributed by atoms with Gasteiger partial charge in [0.1, 0.15) is 10.8 Å². The molecule has 0 spiro atoms. The Kier molecular flexibility index (Phi) is 2.12. The molecule has 2 saturated heterocycles. The third kappa shape index (κ3) is 0.901. The van der Waals surface area contributed by atoms with Crippen LogP contribution in [-0.4, -0.2) is 50.6 Å². The number of carbonyl (C=O) groups excluding carboxylic acids is 2. The number of hydrogen-bond acceptors (Lipinski definition) is 6. The van der Waals surface area contributed by atoms with E-state index < -0.39 is 47.2 Å². The molecule has 6 heteroatoms. The van der Waals surface area contributed by atoms with E-state index in [0.717, 1.165) is 0 Å². The van der Waals surface area contributed by atoms with Crippen LogP contribution < -0.4 is 0 Å². The molecule has 0 saturated carbocycles. The molecule has 0 radical (unpaired) electrons. The Morgan fingerprint density at radius 1 is 0.800 bits per heavy atom. The second-order valence-electron chi connectivity index (χ2n) is 5.45. The Bertz CT molecular complexity index is 488. The predicted molar refractivity (Wildman–Crippen MR) is 64.5 cm³/mol. The van der Waals surface area contributed by atoms with Crippen LogP contribution >= 0.6 is 0 Å². The summed E-state index contributed by atoms with van der Waals surface area (Å²) >= 11 is 0. The number of fused-ring (bicyclic) bond motifs is 9. The van der Waals surface area contributed by atoms with Gasteiger partial charge in [-0.1, -0.05) is 24.3 Å². The molecular formula is C14H14O6. The average Bonchev–Trinajstić information content (AvgIpc) is 3.21. The van der Waals surface area contributed by atoms with Crippen LogP contribution in [0, 0.1) is 10.8 Å². The predicted octanol–water partition coefficient (Wildman–Crippen LogP) is -0.0204. The monoisotopic (exact) mass is 278 g/mol. The summed E-state index contributed by atoms with van der Waals surface area (Å²) in [6.45, 7) is 0. The first kappa shape index (κ1) is 12.1. The molecule has 0 aromatic rings. The third-order valence-corrected chi connectivity index (χ3v) is 5.03. The lowest BCUT2D eigenvalue weighted by Gasteiger charge is -2.42. The fourth-order valence-electron chi connectivity index (χ4n) is 4.34. The van der Waals surface area contributed by atoms with Crippen LogP contribution in [0.4, 0.5) is 0 Å². The summed E-state index contributed by atoms with van der Waals surface area (Å²) < 4.78 is 21.7. The number of carbonyl (C=O) groups is 2. The molecule has 6 atom stereocenters. The molecule has 2 fully saturated rings. The molecule has 0 amide bonds. The summed E-state index contributed by atoms with van der Waals surface area (Å²) in [6.07, 6.45) is 5.11. The molecule has 4 aliphatic rings. The van der Waals surface area contributed by atoms with E-state index in [2.05, 4.69) is 0 Å². The second kappa shape index (κ2) is 3.51. The van der Waals surface area contributed by atoms with Crippen LogP contribution in [-0.2, 0) is 28.5 Å². The number of methoxy groups -OCH3 is 2. The quantitative estimate of drug-likeness (QED) is 0.522. The number of hydrogen-bond donors (Lipinski definition) is 0. The summed E-state index contributed by atoms with van der Waals surface area (Å²) in [5.41, 5.74) is -2.37. The van der Waals surface area contributed by atoms with Crippen LogP contribution in [0.3, 0.4) is 0 Å². The molecular weight excluding hydrogens is 264 g/mol. The van der Waals surface area contributed by atoms with E-state index in [1.54, 1.807) is 24.3 Å². The smallest absolute Gasteiger partial charge is 0.319 e. The van der Waals surface area contributed by atoms with Gasteiger partial charge in [-0.05, 0) is 0 Å². The fourth-order valence-corrected chi connectivity index (χ4v) is 4.34. The maximum Gasteiger partial charge on any atom is 0.319 e. The largest absolute Gasteiger partial charge is 0.468 e. The first-order valence-corrected chi connectivity index (χ1v) is 6.48. The molecule has 0 aromatic heterocycles. The Morgan fingerprint density at radius 2 is 1.10 bits per heavy atom. The summed E-state index contributed by atoms with van der Waals surface area (Å²) in [5, 5.41) is 0. The minimum Gasteiger partial charge on any atom is -0.468 e. The van der Waals surface area contributed by atoms with Gasteiger partial charge in [0.15, 0.2) is 0 Å². The molecule has 4 rings (SSSR count). The molecule has 6 nitrogen and oxygen atoms in total. The molecule has 20 heavy (non-hydrogen) atoms. The van der Waals surface area contributed by atoms with E-state index in [-0.39, 0.29) is 0 Å². The summed E-state index contributed by atoms with van der Waals surface area (Å²) in [4.78, 5) is 25.1. The fraction of sp³-hybridized carbons (Fsp3) is 0.571. The maximum absolute atomic E-state index is 12.6. The third-order valence-electron chi connectivity index (χ3n) is 5.03. The molecule has 4 aliphatic heterocycles. The minimum absolute atomic E-state index is 0.489. The highest BCUT2D eigenvalue weighted by Gasteiger charge is 2.85. The normalized spacial score (nSPS) is 49.5. The van der Waals surface area contributed by atoms with Gasteiger partial charge in [0.25, 0.3) is 0 Å². The zero-order valence-electron chi connectivity index (χ0n) is 11.1. The molecule has 0 aromatic carbocycles. The first-order valence-electron chi connectivity index (χ1n) is 6.48. The van der Waals surface area contributed by atoms with Gasteiger partial charge in [0.05, 0.1) is 38.6 Å². The zero-order chi connectivity index (χ0) is 14.1. The Hall–Kier alpha value is -1.66. The van der Waals surface area contributed by atoms with Crippen LogP contribution in [0.2, 0.25) is 0 Å². The molecule has 4 heterocycles. The molecule has 106 valence electrons. The highest BCUT2D eigenvalue weighted by Crippen LogP contribution is 2.69. The molecule has 0 aliphatic carbocycles. The minimum atomic E-state index is -1.19. The van der Waals surface area contributed by atoms with Crippen molar-refractivity contribution in [2.45, 2.75) is 24.4 Å². The van der Waals surface area contributed by atoms with E-state index >= 15 is 0 Å². The van der Waals surface area contributed by atoms with Crippen molar-refractivity contribution in [1.29, 1.82) is 0 Å². The van der Waals surface area contributed by atoms with Crippen LogP contribution in [0.25, 0.3) is 0 Å². The molecule has 0 N–H and O–H groups in total. The lowest BCUT2D eigenvalue weighted by atomic mass is 9.53.